The molecular formula is C27H25F4N5O2. The second-order valence-electron chi connectivity index (χ2n) is 8.30. The average molecular weight is 528 g/mol. The van der Waals surface area contributed by atoms with E-state index in [1.807, 2.05) is 13.0 Å². The second-order valence-corrected chi connectivity index (χ2v) is 8.30. The van der Waals surface area contributed by atoms with Crippen LogP contribution in [0.5, 0.6) is 5.75 Å². The van der Waals surface area contributed by atoms with E-state index in [4.69, 9.17) is 9.73 Å². The lowest BCUT2D eigenvalue weighted by Gasteiger charge is -2.20. The van der Waals surface area contributed by atoms with E-state index >= 15 is 0 Å². The molecule has 0 aliphatic carbocycles. The third-order valence-corrected chi connectivity index (χ3v) is 5.80. The van der Waals surface area contributed by atoms with E-state index in [1.54, 1.807) is 19.3 Å². The van der Waals surface area contributed by atoms with Gasteiger partial charge in [-0.3, -0.25) is 14.4 Å². The Labute approximate surface area is 215 Å². The van der Waals surface area contributed by atoms with Crippen LogP contribution < -0.4 is 15.6 Å². The number of halogens is 4. The van der Waals surface area contributed by atoms with E-state index in [2.05, 4.69) is 21.9 Å². The van der Waals surface area contributed by atoms with Crippen molar-refractivity contribution in [3.05, 3.63) is 94.9 Å². The SMILES string of the molecule is C=CC(=N[C@@H](CC)c1nc2cccc(F)c2c(=O)n1-c1cccc(OCC(F)(F)F)c1)c1cc[nH]c1NC. The molecule has 0 unspecified atom stereocenters. The molecular weight excluding hydrogens is 502 g/mol. The number of hydrogen-bond donors (Lipinski definition) is 2. The fourth-order valence-electron chi connectivity index (χ4n) is 4.08. The highest BCUT2D eigenvalue weighted by Gasteiger charge is 2.28. The lowest BCUT2D eigenvalue weighted by Crippen LogP contribution is -2.26. The second kappa shape index (κ2) is 10.9. The Kier molecular flexibility index (Phi) is 7.65. The number of nitrogens with zero attached hydrogens (tertiary/aromatic N) is 3. The first-order valence-corrected chi connectivity index (χ1v) is 11.7. The predicted octanol–water partition coefficient (Wildman–Crippen LogP) is 5.96. The monoisotopic (exact) mass is 527 g/mol. The van der Waals surface area contributed by atoms with Gasteiger partial charge in [-0.1, -0.05) is 25.6 Å². The number of hydrogen-bond acceptors (Lipinski definition) is 5. The van der Waals surface area contributed by atoms with E-state index in [-0.39, 0.29) is 28.2 Å². The summed E-state index contributed by atoms with van der Waals surface area (Å²) in [5.74, 6) is 0.0168. The maximum atomic E-state index is 14.8. The zero-order chi connectivity index (χ0) is 27.4. The van der Waals surface area contributed by atoms with Crippen molar-refractivity contribution in [2.75, 3.05) is 19.0 Å². The molecule has 0 spiro atoms. The van der Waals surface area contributed by atoms with Crippen molar-refractivity contribution in [1.82, 2.24) is 14.5 Å². The Morgan fingerprint density at radius 1 is 1.26 bits per heavy atom. The number of alkyl halides is 3. The van der Waals surface area contributed by atoms with Gasteiger partial charge in [0.25, 0.3) is 5.56 Å². The molecule has 2 heterocycles. The number of rotatable bonds is 9. The highest BCUT2D eigenvalue weighted by Crippen LogP contribution is 2.28. The molecule has 0 aliphatic heterocycles. The van der Waals surface area contributed by atoms with Crippen molar-refractivity contribution in [2.45, 2.75) is 25.6 Å². The molecule has 38 heavy (non-hydrogen) atoms. The number of H-pyrrole nitrogens is 1. The average Bonchev–Trinajstić information content (AvgIpc) is 3.36. The Balaban J connectivity index is 1.94. The minimum Gasteiger partial charge on any atom is -0.484 e. The molecule has 0 radical (unpaired) electrons. The van der Waals surface area contributed by atoms with Gasteiger partial charge in [-0.25, -0.2) is 9.37 Å². The van der Waals surface area contributed by atoms with Gasteiger partial charge >= 0.3 is 6.18 Å². The topological polar surface area (TPSA) is 84.3 Å². The van der Waals surface area contributed by atoms with Crippen LogP contribution in [0.1, 0.15) is 30.8 Å². The lowest BCUT2D eigenvalue weighted by atomic mass is 10.1. The standard InChI is InChI=1S/C27H25F4N5O2/c1-4-20(18-12-13-33-24(18)32-3)34-21(5-2)25-35-22-11-7-10-19(28)23(22)26(37)36(25)16-8-6-9-17(14-16)38-15-27(29,30)31/h4,6-14,21,32-33H,1,5,15H2,2-3H3/t21-/m0/s1. The van der Waals surface area contributed by atoms with Crippen molar-refractivity contribution in [3.63, 3.8) is 0 Å². The highest BCUT2D eigenvalue weighted by molar-refractivity contribution is 6.11. The molecule has 0 saturated heterocycles. The molecule has 2 aromatic heterocycles. The van der Waals surface area contributed by atoms with Gasteiger partial charge in [-0.05, 0) is 42.8 Å². The van der Waals surface area contributed by atoms with E-state index in [0.717, 1.165) is 11.6 Å². The molecule has 7 nitrogen and oxygen atoms in total. The maximum absolute atomic E-state index is 14.8. The number of aromatic nitrogens is 3. The quantitative estimate of drug-likeness (QED) is 0.208. The molecule has 2 N–H and O–H groups in total. The van der Waals surface area contributed by atoms with Gasteiger partial charge in [0.2, 0.25) is 0 Å². The van der Waals surface area contributed by atoms with Crippen molar-refractivity contribution >= 4 is 22.4 Å². The zero-order valence-electron chi connectivity index (χ0n) is 20.6. The Hall–Kier alpha value is -4.41. The zero-order valence-corrected chi connectivity index (χ0v) is 20.6. The molecule has 0 fully saturated rings. The third-order valence-electron chi connectivity index (χ3n) is 5.80. The molecule has 0 saturated carbocycles. The van der Waals surface area contributed by atoms with Crippen LogP contribution in [-0.2, 0) is 0 Å². The van der Waals surface area contributed by atoms with Gasteiger partial charge < -0.3 is 15.0 Å². The van der Waals surface area contributed by atoms with E-state index < -0.39 is 30.2 Å². The van der Waals surface area contributed by atoms with Gasteiger partial charge in [0, 0.05) is 24.9 Å². The van der Waals surface area contributed by atoms with Crippen molar-refractivity contribution in [3.8, 4) is 11.4 Å². The van der Waals surface area contributed by atoms with Gasteiger partial charge in [0.15, 0.2) is 6.61 Å². The number of fused-ring (bicyclic) bond motifs is 1. The number of nitrogens with one attached hydrogen (secondary N) is 2. The molecule has 0 bridgehead atoms. The normalized spacial score (nSPS) is 12.9. The van der Waals surface area contributed by atoms with Crippen LogP contribution >= 0.6 is 0 Å². The largest absolute Gasteiger partial charge is 0.484 e. The third kappa shape index (κ3) is 5.46. The Morgan fingerprint density at radius 2 is 2.03 bits per heavy atom. The molecule has 0 amide bonds. The molecule has 0 aliphatic rings. The summed E-state index contributed by atoms with van der Waals surface area (Å²) < 4.78 is 59.0. The molecule has 4 rings (SSSR count). The Bertz CT molecular complexity index is 1560. The smallest absolute Gasteiger partial charge is 0.422 e. The Morgan fingerprint density at radius 3 is 2.71 bits per heavy atom. The first kappa shape index (κ1) is 26.6. The summed E-state index contributed by atoms with van der Waals surface area (Å²) in [6, 6.07) is 10.8. The summed E-state index contributed by atoms with van der Waals surface area (Å²) in [5, 5.41) is 2.79. The molecule has 11 heteroatoms. The highest BCUT2D eigenvalue weighted by atomic mass is 19.4. The van der Waals surface area contributed by atoms with Crippen LogP contribution in [0.25, 0.3) is 16.6 Å². The van der Waals surface area contributed by atoms with Crippen molar-refractivity contribution in [1.29, 1.82) is 0 Å². The van der Waals surface area contributed by atoms with E-state index in [1.165, 1.54) is 41.0 Å². The van der Waals surface area contributed by atoms with Crippen LogP contribution in [0.15, 0.2) is 77.2 Å². The first-order valence-electron chi connectivity index (χ1n) is 11.7. The van der Waals surface area contributed by atoms with Crippen LogP contribution in [0.3, 0.4) is 0 Å². The lowest BCUT2D eigenvalue weighted by molar-refractivity contribution is -0.153. The summed E-state index contributed by atoms with van der Waals surface area (Å²) in [6.45, 7) is 4.21. The van der Waals surface area contributed by atoms with Gasteiger partial charge in [0.05, 0.1) is 16.9 Å². The van der Waals surface area contributed by atoms with Crippen LogP contribution in [0.2, 0.25) is 0 Å². The maximum Gasteiger partial charge on any atom is 0.422 e. The van der Waals surface area contributed by atoms with Gasteiger partial charge in [-0.15, -0.1) is 0 Å². The number of benzene rings is 2. The number of aromatic amines is 1. The van der Waals surface area contributed by atoms with Gasteiger partial charge in [0.1, 0.15) is 34.6 Å². The molecule has 4 aromatic rings. The summed E-state index contributed by atoms with van der Waals surface area (Å²) >= 11 is 0. The fraction of sp³-hybridized carbons (Fsp3) is 0.222. The van der Waals surface area contributed by atoms with Crippen LogP contribution in [0, 0.1) is 5.82 Å². The van der Waals surface area contributed by atoms with E-state index in [0.29, 0.717) is 18.0 Å². The summed E-state index contributed by atoms with van der Waals surface area (Å²) in [4.78, 5) is 26.2. The van der Waals surface area contributed by atoms with Crippen LogP contribution in [-0.4, -0.2) is 40.1 Å². The minimum atomic E-state index is -4.54. The summed E-state index contributed by atoms with van der Waals surface area (Å²) in [5.41, 5.74) is 0.835. The number of allylic oxidation sites excluding steroid dienone is 1. The molecule has 2 aromatic carbocycles. The molecule has 1 atom stereocenters. The van der Waals surface area contributed by atoms with Crippen molar-refractivity contribution in [2.24, 2.45) is 4.99 Å². The summed E-state index contributed by atoms with van der Waals surface area (Å²) in [7, 11) is 1.75. The fourth-order valence-corrected chi connectivity index (χ4v) is 4.08. The molecule has 198 valence electrons. The van der Waals surface area contributed by atoms with Crippen molar-refractivity contribution < 1.29 is 22.3 Å². The number of aliphatic imine (C=N–C) groups is 1. The minimum absolute atomic E-state index is 0.111. The first-order chi connectivity index (χ1) is 18.2. The number of ether oxygens (including phenoxy) is 1. The summed E-state index contributed by atoms with van der Waals surface area (Å²) in [6.07, 6.45) is -0.838. The van der Waals surface area contributed by atoms with E-state index in [9.17, 15) is 22.4 Å². The predicted molar refractivity (Wildman–Crippen MR) is 139 cm³/mol. The van der Waals surface area contributed by atoms with Gasteiger partial charge in [-0.2, -0.15) is 13.2 Å². The number of anilines is 1. The van der Waals surface area contributed by atoms with Crippen LogP contribution in [0.4, 0.5) is 23.4 Å².